The predicted octanol–water partition coefficient (Wildman–Crippen LogP) is 5.27. The maximum Gasteiger partial charge on any atom is 0.226 e. The molecule has 4 aromatic rings. The van der Waals surface area contributed by atoms with Gasteiger partial charge in [0.15, 0.2) is 6.29 Å². The molecule has 1 aromatic heterocycles. The lowest BCUT2D eigenvalue weighted by Gasteiger charge is -2.04. The number of aldehydes is 1. The fourth-order valence-corrected chi connectivity index (χ4v) is 3.34. The topological polar surface area (TPSA) is 56.0 Å². The van der Waals surface area contributed by atoms with Gasteiger partial charge >= 0.3 is 0 Å². The summed E-state index contributed by atoms with van der Waals surface area (Å²) in [5.74, 6) is 1.23. The van der Waals surface area contributed by atoms with Gasteiger partial charge in [-0.15, -0.1) is 0 Å². The molecule has 0 spiro atoms. The lowest BCUT2D eigenvalue weighted by atomic mass is 10.00. The second-order valence-electron chi connectivity index (χ2n) is 6.57. The standard InChI is InChI=1S/C23H20N2O2/c26-16-18-14-15-21(20-12-6-5-11-19(18)20)23-24-22(27-25-23)13-7-4-10-17-8-2-1-3-9-17/h1-3,5-6,8-9,11-12,14-16H,4,7,10,13H2. The van der Waals surface area contributed by atoms with E-state index in [2.05, 4.69) is 34.4 Å². The largest absolute Gasteiger partial charge is 0.339 e. The highest BCUT2D eigenvalue weighted by atomic mass is 16.5. The van der Waals surface area contributed by atoms with Crippen LogP contribution in [0.15, 0.2) is 71.3 Å². The summed E-state index contributed by atoms with van der Waals surface area (Å²) in [6.45, 7) is 0. The Bertz CT molecular complexity index is 1050. The molecule has 0 aliphatic heterocycles. The molecule has 0 saturated heterocycles. The fourth-order valence-electron chi connectivity index (χ4n) is 3.34. The summed E-state index contributed by atoms with van der Waals surface area (Å²) < 4.78 is 5.45. The quantitative estimate of drug-likeness (QED) is 0.334. The number of aryl methyl sites for hydroxylation is 2. The molecule has 0 aliphatic carbocycles. The minimum Gasteiger partial charge on any atom is -0.339 e. The van der Waals surface area contributed by atoms with E-state index in [0.29, 0.717) is 17.3 Å². The third-order valence-electron chi connectivity index (χ3n) is 4.74. The van der Waals surface area contributed by atoms with E-state index in [-0.39, 0.29) is 0 Å². The Hall–Kier alpha value is -3.27. The van der Waals surface area contributed by atoms with E-state index in [1.54, 1.807) is 6.07 Å². The fraction of sp³-hybridized carbons (Fsp3) is 0.174. The number of hydrogen-bond donors (Lipinski definition) is 0. The van der Waals surface area contributed by atoms with Gasteiger partial charge in [-0.2, -0.15) is 4.98 Å². The molecule has 0 amide bonds. The molecule has 1 heterocycles. The molecule has 4 rings (SSSR count). The van der Waals surface area contributed by atoms with Crippen LogP contribution >= 0.6 is 0 Å². The molecule has 0 N–H and O–H groups in total. The van der Waals surface area contributed by atoms with Crippen molar-refractivity contribution in [3.63, 3.8) is 0 Å². The summed E-state index contributed by atoms with van der Waals surface area (Å²) in [6, 6.07) is 22.0. The lowest BCUT2D eigenvalue weighted by Crippen LogP contribution is -1.91. The zero-order chi connectivity index (χ0) is 18.5. The SMILES string of the molecule is O=Cc1ccc(-c2noc(CCCCc3ccccc3)n2)c2ccccc12. The van der Waals surface area contributed by atoms with Crippen LogP contribution in [0, 0.1) is 0 Å². The smallest absolute Gasteiger partial charge is 0.226 e. The van der Waals surface area contributed by atoms with Crippen molar-refractivity contribution in [2.75, 3.05) is 0 Å². The van der Waals surface area contributed by atoms with Crippen LogP contribution in [0.2, 0.25) is 0 Å². The first-order chi connectivity index (χ1) is 13.3. The number of carbonyl (C=O) groups is 1. The van der Waals surface area contributed by atoms with E-state index in [1.165, 1.54) is 5.56 Å². The number of carbonyl (C=O) groups excluding carboxylic acids is 1. The maximum absolute atomic E-state index is 11.3. The van der Waals surface area contributed by atoms with Crippen molar-refractivity contribution in [2.45, 2.75) is 25.7 Å². The summed E-state index contributed by atoms with van der Waals surface area (Å²) in [7, 11) is 0. The van der Waals surface area contributed by atoms with Crippen molar-refractivity contribution in [1.82, 2.24) is 10.1 Å². The molecule has 27 heavy (non-hydrogen) atoms. The van der Waals surface area contributed by atoms with E-state index < -0.39 is 0 Å². The van der Waals surface area contributed by atoms with E-state index in [1.807, 2.05) is 36.4 Å². The summed E-state index contributed by atoms with van der Waals surface area (Å²) in [6.07, 6.45) is 4.78. The third kappa shape index (κ3) is 3.80. The van der Waals surface area contributed by atoms with Crippen LogP contribution in [0.4, 0.5) is 0 Å². The minimum absolute atomic E-state index is 0.571. The molecule has 0 bridgehead atoms. The molecule has 0 radical (unpaired) electrons. The van der Waals surface area contributed by atoms with Gasteiger partial charge < -0.3 is 4.52 Å². The number of unbranched alkanes of at least 4 members (excludes halogenated alkanes) is 1. The van der Waals surface area contributed by atoms with Crippen molar-refractivity contribution in [3.05, 3.63) is 83.7 Å². The van der Waals surface area contributed by atoms with Crippen LogP contribution in [0.25, 0.3) is 22.2 Å². The molecule has 0 fully saturated rings. The monoisotopic (exact) mass is 356 g/mol. The molecule has 0 aliphatic rings. The Morgan fingerprint density at radius 3 is 2.37 bits per heavy atom. The van der Waals surface area contributed by atoms with Crippen molar-refractivity contribution >= 4 is 17.1 Å². The van der Waals surface area contributed by atoms with Crippen LogP contribution in [0.1, 0.15) is 34.7 Å². The molecular formula is C23H20N2O2. The van der Waals surface area contributed by atoms with Crippen molar-refractivity contribution in [2.24, 2.45) is 0 Å². The molecular weight excluding hydrogens is 336 g/mol. The average Bonchev–Trinajstić information content (AvgIpc) is 3.20. The van der Waals surface area contributed by atoms with Gasteiger partial charge in [0.1, 0.15) is 0 Å². The van der Waals surface area contributed by atoms with Gasteiger partial charge in [0, 0.05) is 17.5 Å². The summed E-state index contributed by atoms with van der Waals surface area (Å²) in [4.78, 5) is 15.8. The van der Waals surface area contributed by atoms with Crippen LogP contribution in [-0.2, 0) is 12.8 Å². The molecule has 0 saturated carbocycles. The van der Waals surface area contributed by atoms with Gasteiger partial charge in [-0.05, 0) is 41.7 Å². The number of aromatic nitrogens is 2. The van der Waals surface area contributed by atoms with Crippen LogP contribution < -0.4 is 0 Å². The summed E-state index contributed by atoms with van der Waals surface area (Å²) in [5.41, 5.74) is 2.90. The van der Waals surface area contributed by atoms with Crippen molar-refractivity contribution in [3.8, 4) is 11.4 Å². The van der Waals surface area contributed by atoms with E-state index in [4.69, 9.17) is 4.52 Å². The van der Waals surface area contributed by atoms with Gasteiger partial charge in [-0.3, -0.25) is 4.79 Å². The normalized spacial score (nSPS) is 11.0. The van der Waals surface area contributed by atoms with Gasteiger partial charge in [-0.25, -0.2) is 0 Å². The molecule has 4 nitrogen and oxygen atoms in total. The molecule has 0 unspecified atom stereocenters. The highest BCUT2D eigenvalue weighted by molar-refractivity contribution is 6.04. The number of benzene rings is 3. The number of rotatable bonds is 7. The van der Waals surface area contributed by atoms with Crippen LogP contribution in [0.3, 0.4) is 0 Å². The first kappa shape index (κ1) is 17.2. The predicted molar refractivity (Wildman–Crippen MR) is 106 cm³/mol. The Morgan fingerprint density at radius 1 is 0.815 bits per heavy atom. The number of hydrogen-bond acceptors (Lipinski definition) is 4. The highest BCUT2D eigenvalue weighted by Gasteiger charge is 2.13. The Kier molecular flexibility index (Phi) is 5.06. The van der Waals surface area contributed by atoms with E-state index in [9.17, 15) is 4.79 Å². The second kappa shape index (κ2) is 7.96. The van der Waals surface area contributed by atoms with E-state index >= 15 is 0 Å². The zero-order valence-electron chi connectivity index (χ0n) is 15.0. The lowest BCUT2D eigenvalue weighted by molar-refractivity contribution is 0.112. The number of fused-ring (bicyclic) bond motifs is 1. The van der Waals surface area contributed by atoms with Crippen molar-refractivity contribution < 1.29 is 9.32 Å². The molecule has 3 aromatic carbocycles. The molecule has 0 atom stereocenters. The van der Waals surface area contributed by atoms with E-state index in [0.717, 1.165) is 48.3 Å². The van der Waals surface area contributed by atoms with Gasteiger partial charge in [0.05, 0.1) is 0 Å². The third-order valence-corrected chi connectivity index (χ3v) is 4.74. The Labute approximate surface area is 157 Å². The Morgan fingerprint density at radius 2 is 1.56 bits per heavy atom. The second-order valence-corrected chi connectivity index (χ2v) is 6.57. The van der Waals surface area contributed by atoms with Crippen molar-refractivity contribution in [1.29, 1.82) is 0 Å². The number of nitrogens with zero attached hydrogens (tertiary/aromatic N) is 2. The van der Waals surface area contributed by atoms with Gasteiger partial charge in [-0.1, -0.05) is 65.8 Å². The Balaban J connectivity index is 1.47. The average molecular weight is 356 g/mol. The summed E-state index contributed by atoms with van der Waals surface area (Å²) >= 11 is 0. The highest BCUT2D eigenvalue weighted by Crippen LogP contribution is 2.28. The zero-order valence-corrected chi connectivity index (χ0v) is 15.0. The van der Waals surface area contributed by atoms with Crippen LogP contribution in [0.5, 0.6) is 0 Å². The first-order valence-corrected chi connectivity index (χ1v) is 9.19. The van der Waals surface area contributed by atoms with Crippen LogP contribution in [-0.4, -0.2) is 16.4 Å². The molecule has 4 heteroatoms. The van der Waals surface area contributed by atoms with Gasteiger partial charge in [0.25, 0.3) is 0 Å². The molecule has 134 valence electrons. The minimum atomic E-state index is 0.571. The summed E-state index contributed by atoms with van der Waals surface area (Å²) in [5, 5.41) is 6.01. The maximum atomic E-state index is 11.3. The first-order valence-electron chi connectivity index (χ1n) is 9.19. The van der Waals surface area contributed by atoms with Gasteiger partial charge in [0.2, 0.25) is 11.7 Å².